The van der Waals surface area contributed by atoms with Crippen LogP contribution in [0.3, 0.4) is 0 Å². The van der Waals surface area contributed by atoms with Crippen LogP contribution in [0.4, 0.5) is 5.69 Å². The van der Waals surface area contributed by atoms with Crippen molar-refractivity contribution in [2.45, 2.75) is 18.9 Å². The Bertz CT molecular complexity index is 515. The van der Waals surface area contributed by atoms with Crippen molar-refractivity contribution < 1.29 is 4.74 Å². The average Bonchev–Trinajstić information content (AvgIpc) is 3.12. The van der Waals surface area contributed by atoms with Crippen molar-refractivity contribution in [3.8, 4) is 5.88 Å². The Morgan fingerprint density at radius 3 is 2.94 bits per heavy atom. The molecule has 2 aromatic rings. The number of hydrogen-bond acceptors (Lipinski definition) is 3. The minimum Gasteiger partial charge on any atom is -0.480 e. The number of fused-ring (bicyclic) bond motifs is 1. The molecule has 1 heterocycles. The molecule has 1 fully saturated rings. The maximum Gasteiger partial charge on any atom is 0.223 e. The lowest BCUT2D eigenvalue weighted by atomic mass is 10.1. The van der Waals surface area contributed by atoms with Crippen molar-refractivity contribution in [1.82, 2.24) is 4.98 Å². The van der Waals surface area contributed by atoms with E-state index in [9.17, 15) is 0 Å². The summed E-state index contributed by atoms with van der Waals surface area (Å²) in [5.74, 6) is 0.696. The number of hydrogen-bond donors (Lipinski definition) is 1. The van der Waals surface area contributed by atoms with Crippen molar-refractivity contribution in [2.75, 3.05) is 12.4 Å². The zero-order valence-corrected chi connectivity index (χ0v) is 9.23. The normalized spacial score (nSPS) is 15.1. The molecule has 0 amide bonds. The molecule has 1 aromatic heterocycles. The maximum absolute atomic E-state index is 5.32. The van der Waals surface area contributed by atoms with Crippen LogP contribution in [0.2, 0.25) is 0 Å². The molecular formula is C13H14N2O. The average molecular weight is 214 g/mol. The van der Waals surface area contributed by atoms with Crippen molar-refractivity contribution >= 4 is 16.5 Å². The molecule has 1 aliphatic carbocycles. The van der Waals surface area contributed by atoms with Gasteiger partial charge in [0.2, 0.25) is 5.88 Å². The van der Waals surface area contributed by atoms with Crippen LogP contribution in [-0.4, -0.2) is 18.1 Å². The first-order valence-corrected chi connectivity index (χ1v) is 5.57. The number of anilines is 1. The van der Waals surface area contributed by atoms with Crippen LogP contribution in [0.25, 0.3) is 10.8 Å². The van der Waals surface area contributed by atoms with E-state index in [1.54, 1.807) is 13.3 Å². The minimum absolute atomic E-state index is 0.635. The van der Waals surface area contributed by atoms with Crippen LogP contribution in [0, 0.1) is 0 Å². The molecule has 3 heteroatoms. The van der Waals surface area contributed by atoms with Gasteiger partial charge in [0.1, 0.15) is 0 Å². The SMILES string of the molecule is COc1nccc2cccc(NC3CC3)c12. The second kappa shape index (κ2) is 3.67. The Morgan fingerprint density at radius 2 is 2.19 bits per heavy atom. The van der Waals surface area contributed by atoms with Gasteiger partial charge in [-0.05, 0) is 30.4 Å². The number of aromatic nitrogens is 1. The van der Waals surface area contributed by atoms with E-state index in [1.165, 1.54) is 12.8 Å². The second-order valence-electron chi connectivity index (χ2n) is 4.14. The highest BCUT2D eigenvalue weighted by Crippen LogP contribution is 2.33. The van der Waals surface area contributed by atoms with Gasteiger partial charge in [-0.1, -0.05) is 12.1 Å². The number of methoxy groups -OCH3 is 1. The van der Waals surface area contributed by atoms with Crippen LogP contribution in [0.1, 0.15) is 12.8 Å². The van der Waals surface area contributed by atoms with Crippen molar-refractivity contribution in [3.63, 3.8) is 0 Å². The molecule has 0 radical (unpaired) electrons. The van der Waals surface area contributed by atoms with E-state index < -0.39 is 0 Å². The highest BCUT2D eigenvalue weighted by atomic mass is 16.5. The maximum atomic E-state index is 5.32. The van der Waals surface area contributed by atoms with Gasteiger partial charge in [-0.25, -0.2) is 4.98 Å². The predicted molar refractivity (Wildman–Crippen MR) is 64.9 cm³/mol. The van der Waals surface area contributed by atoms with Gasteiger partial charge in [0, 0.05) is 17.9 Å². The lowest BCUT2D eigenvalue weighted by Crippen LogP contribution is -2.02. The molecule has 0 bridgehead atoms. The molecule has 1 aromatic carbocycles. The Balaban J connectivity index is 2.17. The summed E-state index contributed by atoms with van der Waals surface area (Å²) in [6, 6.07) is 8.88. The van der Waals surface area contributed by atoms with Gasteiger partial charge >= 0.3 is 0 Å². The van der Waals surface area contributed by atoms with Gasteiger partial charge in [0.15, 0.2) is 0 Å². The highest BCUT2D eigenvalue weighted by molar-refractivity contribution is 5.97. The molecule has 0 unspecified atom stereocenters. The number of nitrogens with one attached hydrogen (secondary N) is 1. The van der Waals surface area contributed by atoms with Gasteiger partial charge in [-0.15, -0.1) is 0 Å². The summed E-state index contributed by atoms with van der Waals surface area (Å²) in [5.41, 5.74) is 1.13. The standard InChI is InChI=1S/C13H14N2O/c1-16-13-12-9(7-8-14-13)3-2-4-11(12)15-10-5-6-10/h2-4,7-8,10,15H,5-6H2,1H3. The van der Waals surface area contributed by atoms with E-state index in [0.29, 0.717) is 11.9 Å². The van der Waals surface area contributed by atoms with E-state index in [2.05, 4.69) is 28.5 Å². The molecule has 0 atom stereocenters. The predicted octanol–water partition coefficient (Wildman–Crippen LogP) is 2.82. The van der Waals surface area contributed by atoms with Gasteiger partial charge in [0.05, 0.1) is 12.5 Å². The monoisotopic (exact) mass is 214 g/mol. The summed E-state index contributed by atoms with van der Waals surface area (Å²) in [7, 11) is 1.66. The second-order valence-corrected chi connectivity index (χ2v) is 4.14. The molecule has 1 aliphatic rings. The fourth-order valence-electron chi connectivity index (χ4n) is 1.92. The van der Waals surface area contributed by atoms with E-state index in [-0.39, 0.29) is 0 Å². The number of pyridine rings is 1. The first-order chi connectivity index (χ1) is 7.88. The lowest BCUT2D eigenvalue weighted by Gasteiger charge is -2.11. The molecule has 3 rings (SSSR count). The number of rotatable bonds is 3. The fraction of sp³-hybridized carbons (Fsp3) is 0.308. The molecule has 0 saturated heterocycles. The van der Waals surface area contributed by atoms with Gasteiger partial charge in [0.25, 0.3) is 0 Å². The van der Waals surface area contributed by atoms with Crippen LogP contribution in [0.5, 0.6) is 5.88 Å². The topological polar surface area (TPSA) is 34.1 Å². The van der Waals surface area contributed by atoms with Gasteiger partial charge < -0.3 is 10.1 Å². The molecule has 1 N–H and O–H groups in total. The summed E-state index contributed by atoms with van der Waals surface area (Å²) in [6.45, 7) is 0. The van der Waals surface area contributed by atoms with E-state index >= 15 is 0 Å². The third kappa shape index (κ3) is 1.58. The Labute approximate surface area is 94.5 Å². The molecule has 3 nitrogen and oxygen atoms in total. The van der Waals surface area contributed by atoms with Gasteiger partial charge in [-0.2, -0.15) is 0 Å². The van der Waals surface area contributed by atoms with E-state index in [0.717, 1.165) is 16.5 Å². The summed E-state index contributed by atoms with van der Waals surface area (Å²) in [4.78, 5) is 4.25. The molecular weight excluding hydrogens is 200 g/mol. The Morgan fingerprint density at radius 1 is 1.31 bits per heavy atom. The molecule has 1 saturated carbocycles. The zero-order chi connectivity index (χ0) is 11.0. The largest absolute Gasteiger partial charge is 0.480 e. The number of benzene rings is 1. The summed E-state index contributed by atoms with van der Waals surface area (Å²) in [6.07, 6.45) is 4.31. The Kier molecular flexibility index (Phi) is 2.17. The number of nitrogens with zero attached hydrogens (tertiary/aromatic N) is 1. The van der Waals surface area contributed by atoms with Crippen LogP contribution in [0.15, 0.2) is 30.5 Å². The van der Waals surface area contributed by atoms with Crippen LogP contribution >= 0.6 is 0 Å². The minimum atomic E-state index is 0.635. The number of ether oxygens (including phenoxy) is 1. The summed E-state index contributed by atoms with van der Waals surface area (Å²) in [5, 5.41) is 5.76. The van der Waals surface area contributed by atoms with Crippen LogP contribution in [-0.2, 0) is 0 Å². The zero-order valence-electron chi connectivity index (χ0n) is 9.23. The molecule has 0 spiro atoms. The first kappa shape index (κ1) is 9.46. The van der Waals surface area contributed by atoms with Crippen LogP contribution < -0.4 is 10.1 Å². The molecule has 0 aliphatic heterocycles. The van der Waals surface area contributed by atoms with E-state index in [4.69, 9.17) is 4.74 Å². The van der Waals surface area contributed by atoms with Crippen molar-refractivity contribution in [3.05, 3.63) is 30.5 Å². The third-order valence-electron chi connectivity index (χ3n) is 2.89. The van der Waals surface area contributed by atoms with Gasteiger partial charge in [-0.3, -0.25) is 0 Å². The lowest BCUT2D eigenvalue weighted by molar-refractivity contribution is 0.403. The van der Waals surface area contributed by atoms with E-state index in [1.807, 2.05) is 6.07 Å². The summed E-state index contributed by atoms with van der Waals surface area (Å²) < 4.78 is 5.32. The fourth-order valence-corrected chi connectivity index (χ4v) is 1.92. The molecule has 16 heavy (non-hydrogen) atoms. The van der Waals surface area contributed by atoms with Crippen molar-refractivity contribution in [1.29, 1.82) is 0 Å². The van der Waals surface area contributed by atoms with Crippen molar-refractivity contribution in [2.24, 2.45) is 0 Å². The summed E-state index contributed by atoms with van der Waals surface area (Å²) >= 11 is 0. The third-order valence-corrected chi connectivity index (χ3v) is 2.89. The quantitative estimate of drug-likeness (QED) is 0.853. The molecule has 82 valence electrons. The first-order valence-electron chi connectivity index (χ1n) is 5.57. The highest BCUT2D eigenvalue weighted by Gasteiger charge is 2.22. The Hall–Kier alpha value is -1.77. The smallest absolute Gasteiger partial charge is 0.223 e.